The highest BCUT2D eigenvalue weighted by Gasteiger charge is 2.47. The molecule has 2 aliphatic heterocycles. The van der Waals surface area contributed by atoms with Gasteiger partial charge in [-0.2, -0.15) is 0 Å². The van der Waals surface area contributed by atoms with Crippen LogP contribution in [0.5, 0.6) is 17.2 Å². The van der Waals surface area contributed by atoms with Gasteiger partial charge in [-0.3, -0.25) is 0 Å². The number of aliphatic hydroxyl groups is 6. The summed E-state index contributed by atoms with van der Waals surface area (Å²) in [4.78, 5) is 0. The molecule has 0 saturated carbocycles. The van der Waals surface area contributed by atoms with Gasteiger partial charge < -0.3 is 59.1 Å². The Labute approximate surface area is 184 Å². The fourth-order valence-corrected chi connectivity index (χ4v) is 3.52. The van der Waals surface area contributed by atoms with Crippen molar-refractivity contribution < 1.29 is 59.1 Å². The molecule has 0 bridgehead atoms. The maximum Gasteiger partial charge on any atom is 0.229 e. The summed E-state index contributed by atoms with van der Waals surface area (Å²) in [5, 5.41) is 60.5. The van der Waals surface area contributed by atoms with Crippen molar-refractivity contribution >= 4 is 0 Å². The quantitative estimate of drug-likeness (QED) is 0.257. The molecule has 32 heavy (non-hydrogen) atoms. The van der Waals surface area contributed by atoms with Crippen LogP contribution in [0.2, 0.25) is 0 Å². The molecule has 0 radical (unpaired) electrons. The zero-order valence-electron chi connectivity index (χ0n) is 17.8. The zero-order valence-corrected chi connectivity index (χ0v) is 17.8. The van der Waals surface area contributed by atoms with Crippen LogP contribution in [0, 0.1) is 0 Å². The Hall–Kier alpha value is -1.74. The SMILES string of the molecule is COc1ccc(O[C@@H]2O[C@H](CO[C@@H]3O[C@H](C)[C@H](O)[C@@H](O)[C@H]3O)[C@@H](O)[C@@H](O)[C@@H]2O)cc1OC. The molecule has 12 nitrogen and oxygen atoms in total. The molecule has 0 amide bonds. The Morgan fingerprint density at radius 2 is 1.38 bits per heavy atom. The van der Waals surface area contributed by atoms with Gasteiger partial charge in [0.05, 0.1) is 26.9 Å². The van der Waals surface area contributed by atoms with Crippen LogP contribution in [0.1, 0.15) is 6.92 Å². The van der Waals surface area contributed by atoms with Crippen molar-refractivity contribution in [3.05, 3.63) is 18.2 Å². The van der Waals surface area contributed by atoms with Crippen molar-refractivity contribution in [1.82, 2.24) is 0 Å². The maximum atomic E-state index is 10.3. The van der Waals surface area contributed by atoms with Crippen LogP contribution < -0.4 is 14.2 Å². The molecule has 0 aromatic heterocycles. The van der Waals surface area contributed by atoms with E-state index in [9.17, 15) is 30.6 Å². The highest BCUT2D eigenvalue weighted by Crippen LogP contribution is 2.33. The molecule has 2 saturated heterocycles. The highest BCUT2D eigenvalue weighted by atomic mass is 16.7. The van der Waals surface area contributed by atoms with Crippen molar-refractivity contribution in [3.8, 4) is 17.2 Å². The van der Waals surface area contributed by atoms with Crippen LogP contribution in [0.25, 0.3) is 0 Å². The Bertz CT molecular complexity index is 747. The normalized spacial score (nSPS) is 40.0. The Balaban J connectivity index is 1.66. The molecule has 12 heteroatoms. The van der Waals surface area contributed by atoms with Gasteiger partial charge in [-0.1, -0.05) is 0 Å². The number of hydrogen-bond acceptors (Lipinski definition) is 12. The van der Waals surface area contributed by atoms with E-state index in [4.69, 9.17) is 28.4 Å². The van der Waals surface area contributed by atoms with E-state index in [0.29, 0.717) is 11.5 Å². The van der Waals surface area contributed by atoms with Crippen LogP contribution >= 0.6 is 0 Å². The van der Waals surface area contributed by atoms with Gasteiger partial charge in [0.25, 0.3) is 0 Å². The zero-order chi connectivity index (χ0) is 23.6. The number of rotatable bonds is 7. The summed E-state index contributed by atoms with van der Waals surface area (Å²) in [7, 11) is 2.92. The summed E-state index contributed by atoms with van der Waals surface area (Å²) in [5.41, 5.74) is 0. The monoisotopic (exact) mass is 462 g/mol. The minimum atomic E-state index is -1.62. The molecule has 0 aliphatic carbocycles. The van der Waals surface area contributed by atoms with E-state index in [1.54, 1.807) is 12.1 Å². The van der Waals surface area contributed by atoms with E-state index in [1.807, 2.05) is 0 Å². The lowest BCUT2D eigenvalue weighted by Gasteiger charge is -2.42. The third-order valence-corrected chi connectivity index (χ3v) is 5.51. The molecule has 6 N–H and O–H groups in total. The molecule has 2 aliphatic rings. The number of methoxy groups -OCH3 is 2. The van der Waals surface area contributed by atoms with Gasteiger partial charge in [-0.25, -0.2) is 0 Å². The molecule has 0 spiro atoms. The van der Waals surface area contributed by atoms with Crippen LogP contribution in [0.15, 0.2) is 18.2 Å². The number of ether oxygens (including phenoxy) is 6. The van der Waals surface area contributed by atoms with Gasteiger partial charge in [-0.05, 0) is 19.1 Å². The molecule has 10 atom stereocenters. The lowest BCUT2D eigenvalue weighted by molar-refractivity contribution is -0.318. The predicted molar refractivity (Wildman–Crippen MR) is 105 cm³/mol. The van der Waals surface area contributed by atoms with Gasteiger partial charge in [-0.15, -0.1) is 0 Å². The van der Waals surface area contributed by atoms with Crippen molar-refractivity contribution in [3.63, 3.8) is 0 Å². The van der Waals surface area contributed by atoms with Gasteiger partial charge in [0.15, 0.2) is 17.8 Å². The van der Waals surface area contributed by atoms with Gasteiger partial charge >= 0.3 is 0 Å². The smallest absolute Gasteiger partial charge is 0.229 e. The van der Waals surface area contributed by atoms with Crippen molar-refractivity contribution in [2.75, 3.05) is 20.8 Å². The molecule has 1 aromatic carbocycles. The van der Waals surface area contributed by atoms with E-state index in [2.05, 4.69) is 0 Å². The molecule has 182 valence electrons. The van der Waals surface area contributed by atoms with E-state index in [-0.39, 0.29) is 12.4 Å². The molecule has 0 unspecified atom stereocenters. The van der Waals surface area contributed by atoms with E-state index in [1.165, 1.54) is 27.2 Å². The van der Waals surface area contributed by atoms with Gasteiger partial charge in [0.1, 0.15) is 48.5 Å². The van der Waals surface area contributed by atoms with Crippen LogP contribution in [0.4, 0.5) is 0 Å². The Morgan fingerprint density at radius 3 is 2.03 bits per heavy atom. The third-order valence-electron chi connectivity index (χ3n) is 5.51. The predicted octanol–water partition coefficient (Wildman–Crippen LogP) is -2.27. The third kappa shape index (κ3) is 5.09. The topological polar surface area (TPSA) is 177 Å². The second-order valence-electron chi connectivity index (χ2n) is 7.66. The average molecular weight is 462 g/mol. The fourth-order valence-electron chi connectivity index (χ4n) is 3.52. The summed E-state index contributed by atoms with van der Waals surface area (Å²) >= 11 is 0. The van der Waals surface area contributed by atoms with Crippen molar-refractivity contribution in [2.24, 2.45) is 0 Å². The summed E-state index contributed by atoms with van der Waals surface area (Å²) in [6, 6.07) is 4.62. The second kappa shape index (κ2) is 10.5. The number of hydrogen-bond donors (Lipinski definition) is 6. The minimum absolute atomic E-state index is 0.243. The molecule has 3 rings (SSSR count). The van der Waals surface area contributed by atoms with Crippen LogP contribution in [-0.2, 0) is 14.2 Å². The lowest BCUT2D eigenvalue weighted by Crippen LogP contribution is -2.61. The summed E-state index contributed by atoms with van der Waals surface area (Å²) in [6.45, 7) is 1.11. The first kappa shape index (κ1) is 24.9. The van der Waals surface area contributed by atoms with E-state index < -0.39 is 61.4 Å². The maximum absolute atomic E-state index is 10.3. The van der Waals surface area contributed by atoms with E-state index in [0.717, 1.165) is 0 Å². The fraction of sp³-hybridized carbons (Fsp3) is 0.700. The first-order chi connectivity index (χ1) is 15.2. The summed E-state index contributed by atoms with van der Waals surface area (Å²) in [6.07, 6.45) is -13.7. The van der Waals surface area contributed by atoms with Crippen LogP contribution in [0.3, 0.4) is 0 Å². The number of aliphatic hydroxyl groups excluding tert-OH is 6. The molecular weight excluding hydrogens is 432 g/mol. The largest absolute Gasteiger partial charge is 0.493 e. The first-order valence-electron chi connectivity index (χ1n) is 10.1. The van der Waals surface area contributed by atoms with E-state index >= 15 is 0 Å². The molecular formula is C20H30O12. The Kier molecular flexibility index (Phi) is 8.14. The second-order valence-corrected chi connectivity index (χ2v) is 7.66. The molecule has 2 fully saturated rings. The lowest BCUT2D eigenvalue weighted by atomic mass is 9.98. The Morgan fingerprint density at radius 1 is 0.750 bits per heavy atom. The standard InChI is InChI=1S/C20H30O12/c1-8-13(21)15(23)17(25)19(30-8)29-7-12-14(22)16(24)18(26)20(32-12)31-9-4-5-10(27-2)11(6-9)28-3/h4-6,8,12-26H,7H2,1-3H3/t8-,12-,13+,14-,15-,16-,17-,18+,19-,20-/m1/s1. The van der Waals surface area contributed by atoms with Gasteiger partial charge in [0.2, 0.25) is 6.29 Å². The average Bonchev–Trinajstić information content (AvgIpc) is 2.79. The summed E-state index contributed by atoms with van der Waals surface area (Å²) in [5.74, 6) is 1.07. The van der Waals surface area contributed by atoms with Crippen LogP contribution in [-0.4, -0.2) is 113 Å². The number of benzene rings is 1. The van der Waals surface area contributed by atoms with Gasteiger partial charge in [0, 0.05) is 6.07 Å². The molecule has 2 heterocycles. The highest BCUT2D eigenvalue weighted by molar-refractivity contribution is 5.45. The first-order valence-corrected chi connectivity index (χ1v) is 10.1. The summed E-state index contributed by atoms with van der Waals surface area (Å²) < 4.78 is 32.3. The van der Waals surface area contributed by atoms with Crippen molar-refractivity contribution in [1.29, 1.82) is 0 Å². The van der Waals surface area contributed by atoms with Crippen molar-refractivity contribution in [2.45, 2.75) is 68.3 Å². The minimum Gasteiger partial charge on any atom is -0.493 e. The molecule has 1 aromatic rings.